The van der Waals surface area contributed by atoms with E-state index in [1.54, 1.807) is 7.05 Å². The number of halogens is 1. The number of aliphatic imine (C=N–C) groups is 1. The molecule has 1 unspecified atom stereocenters. The Hall–Kier alpha value is -1.26. The Bertz CT molecular complexity index is 640. The molecule has 2 fully saturated rings. The first-order valence-corrected chi connectivity index (χ1v) is 11.9. The molecule has 1 atom stereocenters. The van der Waals surface area contributed by atoms with E-state index in [9.17, 15) is 9.59 Å². The SMILES string of the molecule is CCC(CC)(CNC(=NC)NC1CCN(C(=O)C2CCCC2)C1)NC(=O)OC(C)(C)C.I. The highest BCUT2D eigenvalue weighted by molar-refractivity contribution is 14.0. The maximum absolute atomic E-state index is 12.7. The van der Waals surface area contributed by atoms with Crippen LogP contribution in [0.2, 0.25) is 0 Å². The van der Waals surface area contributed by atoms with E-state index in [2.05, 4.69) is 34.8 Å². The number of hydrogen-bond acceptors (Lipinski definition) is 4. The number of ether oxygens (including phenoxy) is 1. The maximum Gasteiger partial charge on any atom is 0.408 e. The summed E-state index contributed by atoms with van der Waals surface area (Å²) in [5, 5.41) is 9.88. The zero-order valence-electron chi connectivity index (χ0n) is 20.8. The van der Waals surface area contributed by atoms with Gasteiger partial charge in [0, 0.05) is 38.6 Å². The molecule has 1 aliphatic heterocycles. The van der Waals surface area contributed by atoms with E-state index in [4.69, 9.17) is 4.74 Å². The van der Waals surface area contributed by atoms with Crippen LogP contribution in [0.3, 0.4) is 0 Å². The molecule has 1 aliphatic carbocycles. The van der Waals surface area contributed by atoms with Crippen molar-refractivity contribution >= 4 is 41.9 Å². The number of hydrogen-bond donors (Lipinski definition) is 3. The first-order chi connectivity index (χ1) is 14.6. The normalized spacial score (nSPS) is 20.0. The Morgan fingerprint density at radius 3 is 2.25 bits per heavy atom. The van der Waals surface area contributed by atoms with Crippen LogP contribution in [0, 0.1) is 5.92 Å². The van der Waals surface area contributed by atoms with Gasteiger partial charge in [-0.3, -0.25) is 9.79 Å². The van der Waals surface area contributed by atoms with E-state index >= 15 is 0 Å². The molecule has 8 nitrogen and oxygen atoms in total. The molecule has 9 heteroatoms. The van der Waals surface area contributed by atoms with Crippen molar-refractivity contribution < 1.29 is 14.3 Å². The number of amides is 2. The topological polar surface area (TPSA) is 95.1 Å². The Morgan fingerprint density at radius 2 is 1.72 bits per heavy atom. The van der Waals surface area contributed by atoms with Gasteiger partial charge < -0.3 is 25.6 Å². The Morgan fingerprint density at radius 1 is 1.09 bits per heavy atom. The highest BCUT2D eigenvalue weighted by atomic mass is 127. The second kappa shape index (κ2) is 12.8. The van der Waals surface area contributed by atoms with Crippen molar-refractivity contribution in [1.29, 1.82) is 0 Å². The van der Waals surface area contributed by atoms with Crippen molar-refractivity contribution in [2.45, 2.75) is 96.7 Å². The summed E-state index contributed by atoms with van der Waals surface area (Å²) in [6.45, 7) is 11.8. The molecule has 2 aliphatic rings. The molecule has 186 valence electrons. The molecule has 0 aromatic rings. The zero-order chi connectivity index (χ0) is 23.1. The third-order valence-corrected chi connectivity index (χ3v) is 6.48. The predicted molar refractivity (Wildman–Crippen MR) is 140 cm³/mol. The monoisotopic (exact) mass is 565 g/mol. The fourth-order valence-corrected chi connectivity index (χ4v) is 4.39. The third-order valence-electron chi connectivity index (χ3n) is 6.48. The lowest BCUT2D eigenvalue weighted by molar-refractivity contribution is -0.134. The molecule has 3 N–H and O–H groups in total. The molecule has 1 saturated heterocycles. The van der Waals surface area contributed by atoms with Crippen LogP contribution in [0.4, 0.5) is 4.79 Å². The number of carbonyl (C=O) groups excluding carboxylic acids is 2. The molecular formula is C23H44IN5O3. The van der Waals surface area contributed by atoms with E-state index in [1.807, 2.05) is 25.7 Å². The van der Waals surface area contributed by atoms with E-state index in [1.165, 1.54) is 12.8 Å². The van der Waals surface area contributed by atoms with Crippen molar-refractivity contribution in [3.8, 4) is 0 Å². The number of nitrogens with zero attached hydrogens (tertiary/aromatic N) is 2. The molecule has 0 bridgehead atoms. The highest BCUT2D eigenvalue weighted by Gasteiger charge is 2.34. The summed E-state index contributed by atoms with van der Waals surface area (Å²) in [4.78, 5) is 31.4. The molecule has 0 aromatic carbocycles. The number of nitrogens with one attached hydrogen (secondary N) is 3. The molecule has 2 amide bonds. The second-order valence-electron chi connectivity index (χ2n) is 9.94. The van der Waals surface area contributed by atoms with Gasteiger partial charge in [0.1, 0.15) is 5.60 Å². The lowest BCUT2D eigenvalue weighted by Crippen LogP contribution is -2.57. The summed E-state index contributed by atoms with van der Waals surface area (Å²) in [5.41, 5.74) is -0.966. The fourth-order valence-electron chi connectivity index (χ4n) is 4.39. The first kappa shape index (κ1) is 28.8. The van der Waals surface area contributed by atoms with Gasteiger partial charge in [0.25, 0.3) is 0 Å². The van der Waals surface area contributed by atoms with E-state index in [0.29, 0.717) is 18.4 Å². The maximum atomic E-state index is 12.7. The molecule has 1 saturated carbocycles. The molecule has 0 spiro atoms. The standard InChI is InChI=1S/C23H43N5O3.HI/c1-7-23(8-2,27-21(30)31-22(3,4)5)16-25-20(24-6)26-18-13-14-28(15-18)19(29)17-11-9-10-12-17;/h17-18H,7-16H2,1-6H3,(H,27,30)(H2,24,25,26);1H. The second-order valence-corrected chi connectivity index (χ2v) is 9.94. The predicted octanol–water partition coefficient (Wildman–Crippen LogP) is 3.64. The smallest absolute Gasteiger partial charge is 0.408 e. The van der Waals surface area contributed by atoms with Gasteiger partial charge in [0.15, 0.2) is 5.96 Å². The minimum atomic E-state index is -0.535. The summed E-state index contributed by atoms with van der Waals surface area (Å²) in [6, 6.07) is 0.188. The van der Waals surface area contributed by atoms with Crippen LogP contribution in [-0.2, 0) is 9.53 Å². The van der Waals surface area contributed by atoms with Crippen molar-refractivity contribution in [3.63, 3.8) is 0 Å². The average molecular weight is 566 g/mol. The van der Waals surface area contributed by atoms with Crippen LogP contribution in [0.5, 0.6) is 0 Å². The van der Waals surface area contributed by atoms with Crippen molar-refractivity contribution in [1.82, 2.24) is 20.9 Å². The molecule has 2 rings (SSSR count). The molecule has 0 aromatic heterocycles. The Balaban J connectivity index is 0.00000512. The number of alkyl carbamates (subject to hydrolysis) is 1. The summed E-state index contributed by atoms with van der Waals surface area (Å²) in [6.07, 6.45) is 6.47. The van der Waals surface area contributed by atoms with Crippen molar-refractivity contribution in [2.75, 3.05) is 26.7 Å². The van der Waals surface area contributed by atoms with Gasteiger partial charge in [0.2, 0.25) is 5.91 Å². The largest absolute Gasteiger partial charge is 0.444 e. The van der Waals surface area contributed by atoms with Gasteiger partial charge in [-0.05, 0) is 52.9 Å². The van der Waals surface area contributed by atoms with E-state index < -0.39 is 17.2 Å². The summed E-state index contributed by atoms with van der Waals surface area (Å²) >= 11 is 0. The zero-order valence-corrected chi connectivity index (χ0v) is 23.1. The van der Waals surface area contributed by atoms with Crippen molar-refractivity contribution in [3.05, 3.63) is 0 Å². The molecule has 32 heavy (non-hydrogen) atoms. The Kier molecular flexibility index (Phi) is 11.5. The summed E-state index contributed by atoms with van der Waals surface area (Å²) < 4.78 is 5.45. The lowest BCUT2D eigenvalue weighted by atomic mass is 9.93. The molecule has 0 radical (unpaired) electrons. The van der Waals surface area contributed by atoms with Crippen molar-refractivity contribution in [2.24, 2.45) is 10.9 Å². The van der Waals surface area contributed by atoms with Crippen LogP contribution >= 0.6 is 24.0 Å². The van der Waals surface area contributed by atoms with Gasteiger partial charge in [0.05, 0.1) is 5.54 Å². The quantitative estimate of drug-likeness (QED) is 0.249. The van der Waals surface area contributed by atoms with E-state index in [0.717, 1.165) is 45.2 Å². The molecular weight excluding hydrogens is 521 g/mol. The summed E-state index contributed by atoms with van der Waals surface area (Å²) in [7, 11) is 1.74. The minimum Gasteiger partial charge on any atom is -0.444 e. The van der Waals surface area contributed by atoms with Crippen LogP contribution in [-0.4, -0.2) is 66.7 Å². The molecule has 1 heterocycles. The highest BCUT2D eigenvalue weighted by Crippen LogP contribution is 2.27. The van der Waals surface area contributed by atoms with E-state index in [-0.39, 0.29) is 35.9 Å². The lowest BCUT2D eigenvalue weighted by Gasteiger charge is -2.34. The number of guanidine groups is 1. The summed E-state index contributed by atoms with van der Waals surface area (Å²) in [5.74, 6) is 1.24. The van der Waals surface area contributed by atoms with Gasteiger partial charge >= 0.3 is 6.09 Å². The minimum absolute atomic E-state index is 0. The van der Waals surface area contributed by atoms with Crippen LogP contribution in [0.25, 0.3) is 0 Å². The first-order valence-electron chi connectivity index (χ1n) is 11.9. The number of likely N-dealkylation sites (tertiary alicyclic amines) is 1. The third kappa shape index (κ3) is 8.59. The van der Waals surface area contributed by atoms with Crippen LogP contribution in [0.15, 0.2) is 4.99 Å². The van der Waals surface area contributed by atoms with Gasteiger partial charge in [-0.25, -0.2) is 4.79 Å². The number of carbonyl (C=O) groups is 2. The Labute approximate surface area is 211 Å². The average Bonchev–Trinajstić information content (AvgIpc) is 3.40. The van der Waals surface area contributed by atoms with Gasteiger partial charge in [-0.2, -0.15) is 0 Å². The number of rotatable bonds is 7. The van der Waals surface area contributed by atoms with Gasteiger partial charge in [-0.15, -0.1) is 24.0 Å². The van der Waals surface area contributed by atoms with Gasteiger partial charge in [-0.1, -0.05) is 26.7 Å². The van der Waals surface area contributed by atoms with Crippen LogP contribution in [0.1, 0.15) is 79.6 Å². The fraction of sp³-hybridized carbons (Fsp3) is 0.870. The van der Waals surface area contributed by atoms with Crippen LogP contribution < -0.4 is 16.0 Å².